The SMILES string of the molecule is CC1(NS(=O)(=O)c2ccc3cncn3c2)CC1.O=CO. The molecule has 7 nitrogen and oxygen atoms in total. The Morgan fingerprint density at radius 1 is 1.45 bits per heavy atom. The van der Waals surface area contributed by atoms with Crippen molar-refractivity contribution in [3.8, 4) is 0 Å². The van der Waals surface area contributed by atoms with Crippen molar-refractivity contribution in [2.45, 2.75) is 30.2 Å². The molecule has 3 rings (SSSR count). The molecule has 8 heteroatoms. The highest BCUT2D eigenvalue weighted by molar-refractivity contribution is 7.89. The van der Waals surface area contributed by atoms with Gasteiger partial charge in [0.15, 0.2) is 0 Å². The van der Waals surface area contributed by atoms with Gasteiger partial charge in [-0.3, -0.25) is 4.79 Å². The number of carboxylic acid groups (broad SMARTS) is 1. The highest BCUT2D eigenvalue weighted by Crippen LogP contribution is 2.35. The van der Waals surface area contributed by atoms with Crippen molar-refractivity contribution in [2.75, 3.05) is 0 Å². The molecule has 0 saturated heterocycles. The minimum atomic E-state index is -3.42. The average molecular weight is 297 g/mol. The molecule has 0 aromatic carbocycles. The fraction of sp³-hybridized carbons (Fsp3) is 0.333. The van der Waals surface area contributed by atoms with Crippen LogP contribution in [-0.2, 0) is 14.8 Å². The zero-order valence-electron chi connectivity index (χ0n) is 10.9. The summed E-state index contributed by atoms with van der Waals surface area (Å²) in [5.41, 5.74) is 0.629. The number of fused-ring (bicyclic) bond motifs is 1. The second-order valence-electron chi connectivity index (χ2n) is 4.86. The third kappa shape index (κ3) is 3.14. The first-order valence-electron chi connectivity index (χ1n) is 5.94. The van der Waals surface area contributed by atoms with Crippen LogP contribution < -0.4 is 4.72 Å². The molecule has 0 aliphatic heterocycles. The van der Waals surface area contributed by atoms with Crippen LogP contribution in [0.15, 0.2) is 35.7 Å². The van der Waals surface area contributed by atoms with Gasteiger partial charge in [0, 0.05) is 11.7 Å². The van der Waals surface area contributed by atoms with Crippen LogP contribution in [0.3, 0.4) is 0 Å². The molecule has 0 unspecified atom stereocenters. The first kappa shape index (κ1) is 14.5. The molecule has 1 aliphatic rings. The second kappa shape index (κ2) is 5.22. The third-order valence-electron chi connectivity index (χ3n) is 3.07. The van der Waals surface area contributed by atoms with Gasteiger partial charge in [0.25, 0.3) is 6.47 Å². The number of carbonyl (C=O) groups is 1. The van der Waals surface area contributed by atoms with Gasteiger partial charge in [-0.1, -0.05) is 0 Å². The summed E-state index contributed by atoms with van der Waals surface area (Å²) in [4.78, 5) is 12.6. The normalized spacial score (nSPS) is 16.2. The quantitative estimate of drug-likeness (QED) is 0.819. The van der Waals surface area contributed by atoms with Crippen LogP contribution in [0.1, 0.15) is 19.8 Å². The number of aromatic nitrogens is 2. The number of nitrogens with one attached hydrogen (secondary N) is 1. The lowest BCUT2D eigenvalue weighted by atomic mass is 10.4. The summed E-state index contributed by atoms with van der Waals surface area (Å²) >= 11 is 0. The van der Waals surface area contributed by atoms with Gasteiger partial charge in [-0.2, -0.15) is 0 Å². The first-order valence-corrected chi connectivity index (χ1v) is 7.42. The number of hydrogen-bond donors (Lipinski definition) is 2. The van der Waals surface area contributed by atoms with E-state index in [1.165, 1.54) is 0 Å². The van der Waals surface area contributed by atoms with Crippen LogP contribution in [0.4, 0.5) is 0 Å². The first-order chi connectivity index (χ1) is 9.40. The van der Waals surface area contributed by atoms with Gasteiger partial charge >= 0.3 is 0 Å². The van der Waals surface area contributed by atoms with Crippen molar-refractivity contribution >= 4 is 22.0 Å². The van der Waals surface area contributed by atoms with Crippen molar-refractivity contribution in [2.24, 2.45) is 0 Å². The molecule has 0 radical (unpaired) electrons. The van der Waals surface area contributed by atoms with Crippen LogP contribution in [-0.4, -0.2) is 34.9 Å². The Morgan fingerprint density at radius 2 is 2.10 bits per heavy atom. The van der Waals surface area contributed by atoms with Gasteiger partial charge in [0.2, 0.25) is 10.0 Å². The minimum absolute atomic E-state index is 0.247. The molecule has 0 bridgehead atoms. The van der Waals surface area contributed by atoms with Crippen LogP contribution in [0.5, 0.6) is 0 Å². The van der Waals surface area contributed by atoms with Crippen molar-refractivity contribution in [3.63, 3.8) is 0 Å². The molecular formula is C12H15N3O4S. The van der Waals surface area contributed by atoms with Crippen LogP contribution in [0, 0.1) is 0 Å². The predicted molar refractivity (Wildman–Crippen MR) is 71.8 cm³/mol. The fourth-order valence-corrected chi connectivity index (χ4v) is 3.20. The van der Waals surface area contributed by atoms with E-state index in [0.717, 1.165) is 18.4 Å². The van der Waals surface area contributed by atoms with E-state index < -0.39 is 10.0 Å². The Morgan fingerprint density at radius 3 is 2.70 bits per heavy atom. The Bertz CT molecular complexity index is 719. The number of pyridine rings is 1. The van der Waals surface area contributed by atoms with Gasteiger partial charge in [-0.25, -0.2) is 18.1 Å². The van der Waals surface area contributed by atoms with Gasteiger partial charge in [0.1, 0.15) is 0 Å². The van der Waals surface area contributed by atoms with E-state index in [9.17, 15) is 8.42 Å². The van der Waals surface area contributed by atoms with Crippen LogP contribution >= 0.6 is 0 Å². The van der Waals surface area contributed by atoms with Crippen molar-refractivity contribution < 1.29 is 18.3 Å². The lowest BCUT2D eigenvalue weighted by molar-refractivity contribution is -0.122. The highest BCUT2D eigenvalue weighted by atomic mass is 32.2. The summed E-state index contributed by atoms with van der Waals surface area (Å²) < 4.78 is 28.6. The zero-order chi connectivity index (χ0) is 14.8. The van der Waals surface area contributed by atoms with Gasteiger partial charge < -0.3 is 9.51 Å². The van der Waals surface area contributed by atoms with Crippen LogP contribution in [0.2, 0.25) is 0 Å². The molecule has 0 amide bonds. The van der Waals surface area contributed by atoms with E-state index in [4.69, 9.17) is 9.90 Å². The molecule has 20 heavy (non-hydrogen) atoms. The lowest BCUT2D eigenvalue weighted by Gasteiger charge is -2.12. The number of sulfonamides is 1. The molecule has 2 aromatic heterocycles. The summed E-state index contributed by atoms with van der Waals surface area (Å²) in [7, 11) is -3.42. The molecule has 0 atom stereocenters. The molecule has 2 N–H and O–H groups in total. The second-order valence-corrected chi connectivity index (χ2v) is 6.54. The number of imidazole rings is 1. The van der Waals surface area contributed by atoms with Crippen molar-refractivity contribution in [1.82, 2.24) is 14.1 Å². The third-order valence-corrected chi connectivity index (χ3v) is 4.70. The molecule has 2 heterocycles. The summed E-state index contributed by atoms with van der Waals surface area (Å²) in [6.07, 6.45) is 6.66. The van der Waals surface area contributed by atoms with E-state index in [0.29, 0.717) is 0 Å². The smallest absolute Gasteiger partial charge is 0.290 e. The predicted octanol–water partition coefficient (Wildman–Crippen LogP) is 0.866. The van der Waals surface area contributed by atoms with Gasteiger partial charge in [-0.05, 0) is 31.9 Å². The number of nitrogens with zero attached hydrogens (tertiary/aromatic N) is 2. The van der Waals surface area contributed by atoms with E-state index in [-0.39, 0.29) is 16.9 Å². The van der Waals surface area contributed by atoms with Crippen molar-refractivity contribution in [3.05, 3.63) is 30.9 Å². The summed E-state index contributed by atoms with van der Waals surface area (Å²) in [6, 6.07) is 3.35. The van der Waals surface area contributed by atoms with Crippen molar-refractivity contribution in [1.29, 1.82) is 0 Å². The Hall–Kier alpha value is -1.93. The fourth-order valence-electron chi connectivity index (χ4n) is 1.73. The molecule has 1 saturated carbocycles. The number of hydrogen-bond acceptors (Lipinski definition) is 4. The summed E-state index contributed by atoms with van der Waals surface area (Å²) in [5.74, 6) is 0. The minimum Gasteiger partial charge on any atom is -0.483 e. The Balaban J connectivity index is 0.000000452. The standard InChI is InChI=1S/C11H13N3O2S.CH2O2/c1-11(4-5-11)13-17(15,16)10-3-2-9-6-12-8-14(9)7-10;2-1-3/h2-3,6-8,13H,4-5H2,1H3;1H,(H,2,3). The largest absolute Gasteiger partial charge is 0.483 e. The van der Waals surface area contributed by atoms with E-state index in [1.54, 1.807) is 35.3 Å². The molecule has 108 valence electrons. The van der Waals surface area contributed by atoms with E-state index >= 15 is 0 Å². The summed E-state index contributed by atoms with van der Waals surface area (Å²) in [5, 5.41) is 6.89. The van der Waals surface area contributed by atoms with Crippen LogP contribution in [0.25, 0.3) is 5.52 Å². The topological polar surface area (TPSA) is 101 Å². The Labute approximate surface area is 116 Å². The molecule has 2 aromatic rings. The Kier molecular flexibility index (Phi) is 3.78. The van der Waals surface area contributed by atoms with E-state index in [1.807, 2.05) is 6.92 Å². The monoisotopic (exact) mass is 297 g/mol. The zero-order valence-corrected chi connectivity index (χ0v) is 11.7. The maximum atomic E-state index is 12.1. The maximum Gasteiger partial charge on any atom is 0.290 e. The lowest BCUT2D eigenvalue weighted by Crippen LogP contribution is -2.34. The molecule has 1 fully saturated rings. The molecule has 0 spiro atoms. The molecular weight excluding hydrogens is 282 g/mol. The van der Waals surface area contributed by atoms with Gasteiger partial charge in [-0.15, -0.1) is 0 Å². The molecule has 1 aliphatic carbocycles. The van der Waals surface area contributed by atoms with Gasteiger partial charge in [0.05, 0.1) is 22.9 Å². The number of rotatable bonds is 3. The highest BCUT2D eigenvalue weighted by Gasteiger charge is 2.41. The van der Waals surface area contributed by atoms with E-state index in [2.05, 4.69) is 9.71 Å². The maximum absolute atomic E-state index is 12.1. The summed E-state index contributed by atoms with van der Waals surface area (Å²) in [6.45, 7) is 1.67. The average Bonchev–Trinajstić information content (AvgIpc) is 2.92.